The van der Waals surface area contributed by atoms with Gasteiger partial charge in [0.05, 0.1) is 13.5 Å². The molecule has 1 aliphatic carbocycles. The highest BCUT2D eigenvalue weighted by molar-refractivity contribution is 6.36. The quantitative estimate of drug-likeness (QED) is 0.526. The van der Waals surface area contributed by atoms with Crippen LogP contribution in [0.3, 0.4) is 0 Å². The van der Waals surface area contributed by atoms with E-state index in [1.807, 2.05) is 31.2 Å². The highest BCUT2D eigenvalue weighted by Gasteiger charge is 2.31. The SMILES string of the molecule is CC[C@@H](C(=O)NC1CCCC1)N(Cc1ccc(OC)cc1)C(=O)Cc1c(Cl)cccc1Cl. The number of rotatable bonds is 9. The average molecular weight is 477 g/mol. The maximum absolute atomic E-state index is 13.5. The van der Waals surface area contributed by atoms with Crippen molar-refractivity contribution >= 4 is 35.0 Å². The molecule has 1 fully saturated rings. The van der Waals surface area contributed by atoms with Crippen molar-refractivity contribution in [2.45, 2.75) is 64.1 Å². The van der Waals surface area contributed by atoms with Crippen molar-refractivity contribution in [1.29, 1.82) is 0 Å². The van der Waals surface area contributed by atoms with Crippen LogP contribution in [0.1, 0.15) is 50.2 Å². The molecule has 0 aromatic heterocycles. The van der Waals surface area contributed by atoms with Crippen molar-refractivity contribution < 1.29 is 14.3 Å². The lowest BCUT2D eigenvalue weighted by molar-refractivity contribution is -0.141. The van der Waals surface area contributed by atoms with E-state index in [1.165, 1.54) is 0 Å². The van der Waals surface area contributed by atoms with Gasteiger partial charge in [-0.25, -0.2) is 0 Å². The summed E-state index contributed by atoms with van der Waals surface area (Å²) in [6.45, 7) is 2.23. The first kappa shape index (κ1) is 24.4. The van der Waals surface area contributed by atoms with Gasteiger partial charge < -0.3 is 15.0 Å². The first-order valence-electron chi connectivity index (χ1n) is 11.1. The molecule has 0 aliphatic heterocycles. The Bertz CT molecular complexity index is 907. The predicted octanol–water partition coefficient (Wildman–Crippen LogP) is 5.41. The summed E-state index contributed by atoms with van der Waals surface area (Å²) in [6.07, 6.45) is 4.77. The second kappa shape index (κ2) is 11.6. The Hall–Kier alpha value is -2.24. The minimum Gasteiger partial charge on any atom is -0.497 e. The van der Waals surface area contributed by atoms with Crippen LogP contribution in [0.5, 0.6) is 5.75 Å². The summed E-state index contributed by atoms with van der Waals surface area (Å²) in [7, 11) is 1.61. The Balaban J connectivity index is 1.85. The zero-order chi connectivity index (χ0) is 23.1. The maximum Gasteiger partial charge on any atom is 0.243 e. The number of nitrogens with zero attached hydrogens (tertiary/aromatic N) is 1. The molecule has 0 bridgehead atoms. The van der Waals surface area contributed by atoms with Gasteiger partial charge in [0.25, 0.3) is 0 Å². The van der Waals surface area contributed by atoms with Gasteiger partial charge >= 0.3 is 0 Å². The Labute approximate surface area is 200 Å². The molecule has 0 heterocycles. The lowest BCUT2D eigenvalue weighted by atomic mass is 10.1. The number of methoxy groups -OCH3 is 1. The third-order valence-electron chi connectivity index (χ3n) is 5.99. The van der Waals surface area contributed by atoms with E-state index in [1.54, 1.807) is 30.2 Å². The third-order valence-corrected chi connectivity index (χ3v) is 6.70. The van der Waals surface area contributed by atoms with Gasteiger partial charge in [0.1, 0.15) is 11.8 Å². The normalized spacial score (nSPS) is 14.8. The fraction of sp³-hybridized carbons (Fsp3) is 0.440. The van der Waals surface area contributed by atoms with Crippen molar-refractivity contribution in [1.82, 2.24) is 10.2 Å². The van der Waals surface area contributed by atoms with Gasteiger partial charge in [-0.15, -0.1) is 0 Å². The second-order valence-electron chi connectivity index (χ2n) is 8.16. The lowest BCUT2D eigenvalue weighted by Crippen LogP contribution is -2.51. The molecule has 32 heavy (non-hydrogen) atoms. The van der Waals surface area contributed by atoms with Crippen LogP contribution in [0, 0.1) is 0 Å². The van der Waals surface area contributed by atoms with Gasteiger partial charge in [-0.1, -0.05) is 61.2 Å². The molecule has 2 amide bonds. The van der Waals surface area contributed by atoms with Crippen LogP contribution in [-0.4, -0.2) is 35.9 Å². The highest BCUT2D eigenvalue weighted by atomic mass is 35.5. The number of hydrogen-bond acceptors (Lipinski definition) is 3. The number of carbonyl (C=O) groups is 2. The zero-order valence-corrected chi connectivity index (χ0v) is 20.1. The van der Waals surface area contributed by atoms with Gasteiger partial charge in [-0.3, -0.25) is 9.59 Å². The molecule has 7 heteroatoms. The topological polar surface area (TPSA) is 58.6 Å². The van der Waals surface area contributed by atoms with Crippen molar-refractivity contribution in [2.24, 2.45) is 0 Å². The molecule has 5 nitrogen and oxygen atoms in total. The van der Waals surface area contributed by atoms with Crippen LogP contribution in [0.4, 0.5) is 0 Å². The minimum atomic E-state index is -0.577. The summed E-state index contributed by atoms with van der Waals surface area (Å²) in [5.74, 6) is 0.441. The standard InChI is InChI=1S/C25H30Cl2N2O3/c1-3-23(25(31)28-18-7-4-5-8-18)29(16-17-11-13-19(32-2)14-12-17)24(30)15-20-21(26)9-6-10-22(20)27/h6,9-14,18,23H,3-5,7-8,15-16H2,1-2H3,(H,28,31)/t23-/m0/s1. The summed E-state index contributed by atoms with van der Waals surface area (Å²) in [5, 5.41) is 4.04. The molecule has 0 unspecified atom stereocenters. The number of hydrogen-bond donors (Lipinski definition) is 1. The van der Waals surface area contributed by atoms with Gasteiger partial charge in [-0.2, -0.15) is 0 Å². The predicted molar refractivity (Wildman–Crippen MR) is 128 cm³/mol. The fourth-order valence-electron chi connectivity index (χ4n) is 4.17. The average Bonchev–Trinajstić information content (AvgIpc) is 3.29. The van der Waals surface area contributed by atoms with E-state index < -0.39 is 6.04 Å². The van der Waals surface area contributed by atoms with Crippen molar-refractivity contribution in [3.8, 4) is 5.75 Å². The maximum atomic E-state index is 13.5. The van der Waals surface area contributed by atoms with Crippen LogP contribution in [0.25, 0.3) is 0 Å². The van der Waals surface area contributed by atoms with Crippen molar-refractivity contribution in [3.63, 3.8) is 0 Å². The molecule has 0 radical (unpaired) electrons. The molecule has 172 valence electrons. The largest absolute Gasteiger partial charge is 0.497 e. The van der Waals surface area contributed by atoms with E-state index >= 15 is 0 Å². The van der Waals surface area contributed by atoms with Gasteiger partial charge in [0.15, 0.2) is 0 Å². The van der Waals surface area contributed by atoms with E-state index in [0.29, 0.717) is 28.6 Å². The Kier molecular flexibility index (Phi) is 8.83. The smallest absolute Gasteiger partial charge is 0.243 e. The molecule has 3 rings (SSSR count). The van der Waals surface area contributed by atoms with Gasteiger partial charge in [-0.05, 0) is 54.7 Å². The Morgan fingerprint density at radius 2 is 1.72 bits per heavy atom. The van der Waals surface area contributed by atoms with E-state index in [-0.39, 0.29) is 24.3 Å². The highest BCUT2D eigenvalue weighted by Crippen LogP contribution is 2.26. The summed E-state index contributed by atoms with van der Waals surface area (Å²) in [5.41, 5.74) is 1.49. The molecule has 0 spiro atoms. The summed E-state index contributed by atoms with van der Waals surface area (Å²) >= 11 is 12.6. The number of benzene rings is 2. The summed E-state index contributed by atoms with van der Waals surface area (Å²) in [4.78, 5) is 28.3. The molecule has 2 aromatic rings. The number of amides is 2. The number of carbonyl (C=O) groups excluding carboxylic acids is 2. The van der Waals surface area contributed by atoms with Gasteiger partial charge in [0, 0.05) is 22.6 Å². The second-order valence-corrected chi connectivity index (χ2v) is 8.98. The van der Waals surface area contributed by atoms with Crippen molar-refractivity contribution in [3.05, 3.63) is 63.6 Å². The molecule has 1 saturated carbocycles. The van der Waals surface area contributed by atoms with Crippen LogP contribution in [0.15, 0.2) is 42.5 Å². The number of nitrogens with one attached hydrogen (secondary N) is 1. The van der Waals surface area contributed by atoms with Crippen LogP contribution in [0.2, 0.25) is 10.0 Å². The van der Waals surface area contributed by atoms with Crippen LogP contribution >= 0.6 is 23.2 Å². The van der Waals surface area contributed by atoms with E-state index in [2.05, 4.69) is 5.32 Å². The molecule has 1 N–H and O–H groups in total. The Morgan fingerprint density at radius 3 is 2.28 bits per heavy atom. The molecule has 1 atom stereocenters. The molecule has 2 aromatic carbocycles. The lowest BCUT2D eigenvalue weighted by Gasteiger charge is -2.32. The van der Waals surface area contributed by atoms with Crippen LogP contribution < -0.4 is 10.1 Å². The third kappa shape index (κ3) is 6.17. The molecular weight excluding hydrogens is 447 g/mol. The van der Waals surface area contributed by atoms with Crippen LogP contribution in [-0.2, 0) is 22.6 Å². The summed E-state index contributed by atoms with van der Waals surface area (Å²) in [6, 6.07) is 12.3. The number of ether oxygens (including phenoxy) is 1. The van der Waals surface area contributed by atoms with E-state index in [4.69, 9.17) is 27.9 Å². The fourth-order valence-corrected chi connectivity index (χ4v) is 4.70. The van der Waals surface area contributed by atoms with Crippen molar-refractivity contribution in [2.75, 3.05) is 7.11 Å². The monoisotopic (exact) mass is 476 g/mol. The number of halogens is 2. The summed E-state index contributed by atoms with van der Waals surface area (Å²) < 4.78 is 5.23. The Morgan fingerprint density at radius 1 is 1.09 bits per heavy atom. The van der Waals surface area contributed by atoms with E-state index in [9.17, 15) is 9.59 Å². The molecule has 1 aliphatic rings. The molecular formula is C25H30Cl2N2O3. The first-order chi connectivity index (χ1) is 15.4. The van der Waals surface area contributed by atoms with Gasteiger partial charge in [0.2, 0.25) is 11.8 Å². The first-order valence-corrected chi connectivity index (χ1v) is 11.8. The zero-order valence-electron chi connectivity index (χ0n) is 18.6. The molecule has 0 saturated heterocycles. The minimum absolute atomic E-state index is 0.0296. The van der Waals surface area contributed by atoms with E-state index in [0.717, 1.165) is 37.0 Å².